The summed E-state index contributed by atoms with van der Waals surface area (Å²) in [6.07, 6.45) is 15.8. The lowest BCUT2D eigenvalue weighted by Gasteiger charge is -2.23. The summed E-state index contributed by atoms with van der Waals surface area (Å²) in [5, 5.41) is 12.3. The van der Waals surface area contributed by atoms with E-state index in [-0.39, 0.29) is 10.3 Å². The summed E-state index contributed by atoms with van der Waals surface area (Å²) in [7, 11) is -0.313. The van der Waals surface area contributed by atoms with E-state index in [1.54, 1.807) is 24.5 Å². The first-order valence-corrected chi connectivity index (χ1v) is 16.4. The zero-order valence-electron chi connectivity index (χ0n) is 25.9. The molecular formula is C34H36N3O6S2+. The van der Waals surface area contributed by atoms with Crippen LogP contribution in [0.2, 0.25) is 0 Å². The molecule has 11 heteroatoms. The predicted molar refractivity (Wildman–Crippen MR) is 177 cm³/mol. The van der Waals surface area contributed by atoms with Gasteiger partial charge in [0.2, 0.25) is 5.69 Å². The number of benzene rings is 2. The van der Waals surface area contributed by atoms with Gasteiger partial charge in [-0.15, -0.1) is 4.33 Å². The van der Waals surface area contributed by atoms with Gasteiger partial charge < -0.3 is 4.90 Å². The van der Waals surface area contributed by atoms with Crippen molar-refractivity contribution in [2.24, 2.45) is 0 Å². The third-order valence-corrected chi connectivity index (χ3v) is 9.97. The maximum atomic E-state index is 11.8. The molecule has 2 aromatic carbocycles. The minimum absolute atomic E-state index is 0.115. The molecule has 1 aromatic heterocycles. The largest absolute Gasteiger partial charge is 0.347 e. The highest BCUT2D eigenvalue weighted by Crippen LogP contribution is 2.47. The highest BCUT2D eigenvalue weighted by Gasteiger charge is 2.43. The van der Waals surface area contributed by atoms with Crippen LogP contribution in [0.15, 0.2) is 113 Å². The van der Waals surface area contributed by atoms with Crippen LogP contribution in [-0.4, -0.2) is 47.6 Å². The second-order valence-corrected chi connectivity index (χ2v) is 14.1. The Bertz CT molecular complexity index is 1890. The molecule has 234 valence electrons. The van der Waals surface area contributed by atoms with Gasteiger partial charge in [-0.2, -0.15) is 13.0 Å². The van der Waals surface area contributed by atoms with E-state index in [9.17, 15) is 13.0 Å². The number of allylic oxidation sites excluding steroid dienone is 8. The Labute approximate surface area is 268 Å². The number of aromatic nitrogens is 1. The number of likely N-dealkylation sites (N-methyl/N-ethyl adjacent to an activating group) is 1. The second-order valence-electron chi connectivity index (χ2n) is 11.9. The smallest absolute Gasteiger partial charge is 0.294 e. The lowest BCUT2D eigenvalue weighted by Crippen LogP contribution is -2.26. The highest BCUT2D eigenvalue weighted by atomic mass is 32.2. The number of fused-ring (bicyclic) bond motifs is 2. The standard InChI is InChI=1S/C34H35N3O6S2/c1-33(2)27-21-25(44-43-42-38)13-15-29(27)36(5)31(33)11-7-9-23(24-17-19-35-20-18-24)10-8-12-32-34(3,4)28-22-26(45(39,40)41)14-16-30(28)37(32)6/h7-22H,1-6H3,(H-,38,39,40,41)/p+1. The van der Waals surface area contributed by atoms with Crippen LogP contribution >= 0.6 is 12.0 Å². The molecule has 45 heavy (non-hydrogen) atoms. The number of anilines is 1. The fourth-order valence-corrected chi connectivity index (χ4v) is 7.08. The maximum Gasteiger partial charge on any atom is 0.294 e. The molecule has 2 N–H and O–H groups in total. The van der Waals surface area contributed by atoms with Gasteiger partial charge in [0, 0.05) is 58.8 Å². The molecule has 0 saturated carbocycles. The summed E-state index contributed by atoms with van der Waals surface area (Å²) in [5.41, 5.74) is 7.25. The Morgan fingerprint density at radius 1 is 1.00 bits per heavy atom. The molecule has 0 fully saturated rings. The Morgan fingerprint density at radius 2 is 1.73 bits per heavy atom. The second kappa shape index (κ2) is 12.5. The van der Waals surface area contributed by atoms with Gasteiger partial charge in [0.05, 0.1) is 22.4 Å². The number of pyridine rings is 1. The molecule has 0 bridgehead atoms. The molecule has 3 heterocycles. The van der Waals surface area contributed by atoms with Crippen LogP contribution in [0.25, 0.3) is 5.57 Å². The van der Waals surface area contributed by atoms with Crippen LogP contribution in [0.1, 0.15) is 44.4 Å². The van der Waals surface area contributed by atoms with Gasteiger partial charge in [-0.05, 0) is 79.1 Å². The molecule has 0 amide bonds. The van der Waals surface area contributed by atoms with Crippen molar-refractivity contribution in [2.45, 2.75) is 48.3 Å². The molecule has 0 unspecified atom stereocenters. The van der Waals surface area contributed by atoms with E-state index in [4.69, 9.17) is 5.26 Å². The van der Waals surface area contributed by atoms with Crippen molar-refractivity contribution >= 4 is 44.8 Å². The van der Waals surface area contributed by atoms with E-state index in [0.29, 0.717) is 0 Å². The number of rotatable bonds is 9. The van der Waals surface area contributed by atoms with Crippen molar-refractivity contribution in [3.8, 4) is 0 Å². The topological polar surface area (TPSA) is 112 Å². The summed E-state index contributed by atoms with van der Waals surface area (Å²) in [6, 6.07) is 14.6. The van der Waals surface area contributed by atoms with Crippen molar-refractivity contribution in [2.75, 3.05) is 19.0 Å². The van der Waals surface area contributed by atoms with E-state index in [1.165, 1.54) is 6.07 Å². The number of hydrogen-bond donors (Lipinski definition) is 2. The molecule has 2 aliphatic heterocycles. The van der Waals surface area contributed by atoms with E-state index in [0.717, 1.165) is 62.0 Å². The number of hydrogen-bond acceptors (Lipinski definition) is 8. The quantitative estimate of drug-likeness (QED) is 0.0619. The van der Waals surface area contributed by atoms with Gasteiger partial charge in [-0.25, -0.2) is 5.26 Å². The van der Waals surface area contributed by atoms with Crippen LogP contribution in [0.5, 0.6) is 0 Å². The molecule has 9 nitrogen and oxygen atoms in total. The Morgan fingerprint density at radius 3 is 2.42 bits per heavy atom. The first-order chi connectivity index (χ1) is 21.3. The Balaban J connectivity index is 1.45. The minimum atomic E-state index is -4.31. The monoisotopic (exact) mass is 646 g/mol. The first kappa shape index (κ1) is 32.6. The Kier molecular flexibility index (Phi) is 9.05. The van der Waals surface area contributed by atoms with E-state index >= 15 is 0 Å². The molecule has 3 aromatic rings. The first-order valence-electron chi connectivity index (χ1n) is 14.2. The van der Waals surface area contributed by atoms with Crippen molar-refractivity contribution in [1.82, 2.24) is 4.98 Å². The van der Waals surface area contributed by atoms with E-state index < -0.39 is 15.5 Å². The lowest BCUT2D eigenvalue weighted by atomic mass is 9.81. The van der Waals surface area contributed by atoms with Gasteiger partial charge >= 0.3 is 0 Å². The summed E-state index contributed by atoms with van der Waals surface area (Å²) in [4.78, 5) is 6.92. The average molecular weight is 647 g/mol. The third kappa shape index (κ3) is 6.32. The maximum absolute atomic E-state index is 11.8. The molecule has 5 rings (SSSR count). The molecular weight excluding hydrogens is 611 g/mol. The van der Waals surface area contributed by atoms with Crippen LogP contribution < -0.4 is 4.90 Å². The fraction of sp³-hybridized carbons (Fsp3) is 0.235. The van der Waals surface area contributed by atoms with Gasteiger partial charge in [0.1, 0.15) is 7.05 Å². The molecule has 2 aliphatic rings. The molecule has 0 atom stereocenters. The fourth-order valence-electron chi connectivity index (χ4n) is 6.18. The zero-order valence-corrected chi connectivity index (χ0v) is 27.6. The summed E-state index contributed by atoms with van der Waals surface area (Å²) in [6.45, 7) is 8.41. The van der Waals surface area contributed by atoms with Crippen LogP contribution in [0, 0.1) is 0 Å². The van der Waals surface area contributed by atoms with Gasteiger partial charge in [0.25, 0.3) is 10.1 Å². The average Bonchev–Trinajstić information content (AvgIpc) is 3.32. The van der Waals surface area contributed by atoms with Gasteiger partial charge in [0.15, 0.2) is 5.71 Å². The summed E-state index contributed by atoms with van der Waals surface area (Å²) < 4.78 is 40.0. The highest BCUT2D eigenvalue weighted by molar-refractivity contribution is 7.94. The van der Waals surface area contributed by atoms with Crippen LogP contribution in [-0.2, 0) is 30.3 Å². The minimum Gasteiger partial charge on any atom is -0.347 e. The van der Waals surface area contributed by atoms with Gasteiger partial charge in [-0.3, -0.25) is 9.54 Å². The summed E-state index contributed by atoms with van der Waals surface area (Å²) in [5.74, 6) is 0. The SMILES string of the molecule is CN1C(=CC=CC(=CC=CC2=[N+](C)c3ccc(SOOO)cc3C2(C)C)c2ccncc2)C(C)(C)c2cc(S(=O)(=O)O)ccc21. The van der Waals surface area contributed by atoms with Crippen LogP contribution in [0.3, 0.4) is 0 Å². The van der Waals surface area contributed by atoms with Crippen LogP contribution in [0.4, 0.5) is 11.4 Å². The molecule has 0 spiro atoms. The van der Waals surface area contributed by atoms with Crippen molar-refractivity contribution in [3.05, 3.63) is 120 Å². The van der Waals surface area contributed by atoms with E-state index in [1.807, 2.05) is 87.5 Å². The summed E-state index contributed by atoms with van der Waals surface area (Å²) >= 11 is 0.941. The van der Waals surface area contributed by atoms with Gasteiger partial charge in [-0.1, -0.05) is 43.2 Å². The lowest BCUT2D eigenvalue weighted by molar-refractivity contribution is -0.432. The molecule has 0 saturated heterocycles. The molecule has 0 radical (unpaired) electrons. The van der Waals surface area contributed by atoms with E-state index in [2.05, 4.69) is 44.9 Å². The zero-order chi connectivity index (χ0) is 32.6. The van der Waals surface area contributed by atoms with Crippen molar-refractivity contribution in [3.63, 3.8) is 0 Å². The number of nitrogens with zero attached hydrogens (tertiary/aromatic N) is 3. The normalized spacial score (nSPS) is 18.4. The predicted octanol–water partition coefficient (Wildman–Crippen LogP) is 7.27. The van der Waals surface area contributed by atoms with Crippen molar-refractivity contribution in [1.29, 1.82) is 0 Å². The van der Waals surface area contributed by atoms with Crippen molar-refractivity contribution < 1.29 is 32.2 Å². The Hall–Kier alpha value is -3.84. The molecule has 0 aliphatic carbocycles. The third-order valence-electron chi connectivity index (χ3n) is 8.54.